The van der Waals surface area contributed by atoms with Gasteiger partial charge in [-0.25, -0.2) is 4.57 Å². The van der Waals surface area contributed by atoms with Gasteiger partial charge in [-0.05, 0) is 51.0 Å². The van der Waals surface area contributed by atoms with Crippen molar-refractivity contribution >= 4 is 19.7 Å². The van der Waals surface area contributed by atoms with Crippen LogP contribution >= 0.6 is 7.82 Å². The summed E-state index contributed by atoms with van der Waals surface area (Å²) >= 11 is 0. The van der Waals surface area contributed by atoms with Gasteiger partial charge in [0.2, 0.25) is 5.91 Å². The van der Waals surface area contributed by atoms with E-state index in [1.807, 2.05) is 94.1 Å². The van der Waals surface area contributed by atoms with Crippen molar-refractivity contribution < 1.29 is 37.3 Å². The van der Waals surface area contributed by atoms with Gasteiger partial charge in [0, 0.05) is 12.8 Å². The van der Waals surface area contributed by atoms with Crippen molar-refractivity contribution in [3.05, 3.63) is 85.1 Å². The van der Waals surface area contributed by atoms with E-state index < -0.39 is 20.0 Å². The molecule has 0 aromatic carbocycles. The zero-order valence-electron chi connectivity index (χ0n) is 44.6. The van der Waals surface area contributed by atoms with Crippen molar-refractivity contribution in [1.29, 1.82) is 0 Å². The number of quaternary nitrogens is 1. The van der Waals surface area contributed by atoms with Crippen LogP contribution in [0.2, 0.25) is 0 Å². The minimum atomic E-state index is -4.46. The number of carbonyl (C=O) groups excluding carboxylic acids is 2. The number of rotatable bonds is 48. The largest absolute Gasteiger partial charge is 0.472 e. The first-order valence-corrected chi connectivity index (χ1v) is 29.0. The molecule has 3 unspecified atom stereocenters. The van der Waals surface area contributed by atoms with Crippen LogP contribution in [-0.2, 0) is 27.9 Å². The minimum absolute atomic E-state index is 0.0281. The first kappa shape index (κ1) is 65.2. The molecule has 0 radical (unpaired) electrons. The minimum Gasteiger partial charge on any atom is -0.456 e. The summed E-state index contributed by atoms with van der Waals surface area (Å²) in [7, 11) is 1.45. The van der Waals surface area contributed by atoms with Crippen LogP contribution in [0, 0.1) is 0 Å². The Bertz CT molecular complexity index is 1440. The fraction of sp³-hybridized carbons (Fsp3) is 0.724. The van der Waals surface area contributed by atoms with Crippen LogP contribution < -0.4 is 5.32 Å². The second kappa shape index (κ2) is 47.8. The van der Waals surface area contributed by atoms with Gasteiger partial charge in [-0.2, -0.15) is 0 Å². The molecule has 0 aromatic rings. The van der Waals surface area contributed by atoms with Crippen molar-refractivity contribution in [3.8, 4) is 0 Å². The van der Waals surface area contributed by atoms with Gasteiger partial charge in [-0.1, -0.05) is 241 Å². The lowest BCUT2D eigenvalue weighted by Gasteiger charge is -2.27. The Kier molecular flexibility index (Phi) is 45.9. The fourth-order valence-corrected chi connectivity index (χ4v) is 8.24. The molecule has 10 heteroatoms. The second-order valence-electron chi connectivity index (χ2n) is 19.5. The summed E-state index contributed by atoms with van der Waals surface area (Å²) in [5.41, 5.74) is 0. The molecule has 0 aromatic heterocycles. The third-order valence-corrected chi connectivity index (χ3v) is 12.7. The molecule has 0 saturated heterocycles. The predicted molar refractivity (Wildman–Crippen MR) is 291 cm³/mol. The number of esters is 1. The summed E-state index contributed by atoms with van der Waals surface area (Å²) in [6.45, 7) is 6.81. The number of likely N-dealkylation sites (N-methyl/N-ethyl adjacent to an activating group) is 1. The van der Waals surface area contributed by atoms with Crippen LogP contribution in [0.15, 0.2) is 85.1 Å². The Morgan fingerprint density at radius 3 is 1.43 bits per heavy atom. The Balaban J connectivity index is 5.46. The number of ether oxygens (including phenoxy) is 1. The van der Waals surface area contributed by atoms with Gasteiger partial charge in [-0.15, -0.1) is 0 Å². The van der Waals surface area contributed by atoms with Gasteiger partial charge in [0.05, 0.1) is 33.8 Å². The van der Waals surface area contributed by atoms with Gasteiger partial charge in [-0.3, -0.25) is 18.6 Å². The summed E-state index contributed by atoms with van der Waals surface area (Å²) in [5, 5.41) is 3.02. The van der Waals surface area contributed by atoms with Crippen LogP contribution in [-0.4, -0.2) is 74.3 Å². The highest BCUT2D eigenvalue weighted by Gasteiger charge is 2.30. The molecule has 0 aliphatic carbocycles. The topological polar surface area (TPSA) is 111 Å². The molecule has 0 aliphatic rings. The number of nitrogens with one attached hydrogen (secondary N) is 1. The normalized spacial score (nSPS) is 14.5. The lowest BCUT2D eigenvalue weighted by molar-refractivity contribution is -0.870. The number of amides is 1. The molecule has 9 nitrogen and oxygen atoms in total. The molecule has 68 heavy (non-hydrogen) atoms. The van der Waals surface area contributed by atoms with E-state index in [2.05, 4.69) is 38.2 Å². The highest BCUT2D eigenvalue weighted by Crippen LogP contribution is 2.43. The van der Waals surface area contributed by atoms with Gasteiger partial charge < -0.3 is 19.4 Å². The van der Waals surface area contributed by atoms with E-state index in [9.17, 15) is 19.0 Å². The Morgan fingerprint density at radius 2 is 0.941 bits per heavy atom. The average Bonchev–Trinajstić information content (AvgIpc) is 3.29. The van der Waals surface area contributed by atoms with Crippen LogP contribution in [0.3, 0.4) is 0 Å². The fourth-order valence-electron chi connectivity index (χ4n) is 7.50. The zero-order chi connectivity index (χ0) is 50.1. The standard InChI is InChI=1S/C58H103N2O7P/c1-7-10-13-16-19-22-25-27-29-30-31-32-35-38-41-44-47-50-57(61)59-55(54-66-68(63,64)65-53-52-60(4,5)6)56(49-46-43-40-37-34-24-21-18-15-12-9-3)67-58(62)51-48-45-42-39-36-33-28-26-23-20-17-14-11-8-2/h10,13,16,19,22,25,27,29-32,35,46,49,55-56H,7-9,11-12,14-15,17-18,20-21,23-24,26,28,33-34,36-45,47-48,50-54H2,1-6H3,(H-,59,61,63,64)/p+1/b13-10-,19-16+,25-22+,29-27-,31-30+,35-32+,49-46+. The van der Waals surface area contributed by atoms with E-state index in [0.29, 0.717) is 17.4 Å². The predicted octanol–water partition coefficient (Wildman–Crippen LogP) is 16.3. The van der Waals surface area contributed by atoms with E-state index in [1.54, 1.807) is 0 Å². The van der Waals surface area contributed by atoms with Gasteiger partial charge in [0.15, 0.2) is 0 Å². The Hall–Kier alpha value is -2.81. The zero-order valence-corrected chi connectivity index (χ0v) is 45.5. The molecule has 0 aliphatic heterocycles. The summed E-state index contributed by atoms with van der Waals surface area (Å²) < 4.78 is 30.5. The van der Waals surface area contributed by atoms with Crippen molar-refractivity contribution in [2.75, 3.05) is 40.9 Å². The molecule has 1 amide bonds. The first-order valence-electron chi connectivity index (χ1n) is 27.5. The van der Waals surface area contributed by atoms with Crippen molar-refractivity contribution in [3.63, 3.8) is 0 Å². The van der Waals surface area contributed by atoms with Crippen LogP contribution in [0.25, 0.3) is 0 Å². The van der Waals surface area contributed by atoms with Crippen molar-refractivity contribution in [2.45, 2.75) is 232 Å². The van der Waals surface area contributed by atoms with E-state index in [1.165, 1.54) is 116 Å². The number of hydrogen-bond acceptors (Lipinski definition) is 6. The van der Waals surface area contributed by atoms with Crippen LogP contribution in [0.4, 0.5) is 0 Å². The molecule has 0 spiro atoms. The van der Waals surface area contributed by atoms with Gasteiger partial charge in [0.25, 0.3) is 0 Å². The Labute approximate surface area is 418 Å². The van der Waals surface area contributed by atoms with E-state index >= 15 is 0 Å². The number of unbranched alkanes of at least 4 members (excludes halogenated alkanes) is 25. The smallest absolute Gasteiger partial charge is 0.456 e. The van der Waals surface area contributed by atoms with Crippen molar-refractivity contribution in [1.82, 2.24) is 5.32 Å². The number of phosphoric acid groups is 1. The number of allylic oxidation sites excluding steroid dienone is 13. The lowest BCUT2D eigenvalue weighted by Crippen LogP contribution is -2.47. The highest BCUT2D eigenvalue weighted by atomic mass is 31.2. The molecule has 392 valence electrons. The molecule has 2 N–H and O–H groups in total. The van der Waals surface area contributed by atoms with Crippen LogP contribution in [0.5, 0.6) is 0 Å². The molecular weight excluding hydrogens is 868 g/mol. The molecular formula is C58H104N2O7P+. The van der Waals surface area contributed by atoms with Crippen molar-refractivity contribution in [2.24, 2.45) is 0 Å². The lowest BCUT2D eigenvalue weighted by atomic mass is 10.0. The third kappa shape index (κ3) is 48.2. The van der Waals surface area contributed by atoms with E-state index in [0.717, 1.165) is 64.2 Å². The highest BCUT2D eigenvalue weighted by molar-refractivity contribution is 7.47. The SMILES string of the molecule is CC\C=C/C=C/C=C/C=C\C=C\C=C\CCCCCC(=O)NC(COP(=O)(O)OCC[N+](C)(C)C)C(/C=C/CCCCCCCCCCC)OC(=O)CCCCCCCCCCCCCCCC. The van der Waals surface area contributed by atoms with Crippen LogP contribution in [0.1, 0.15) is 220 Å². The van der Waals surface area contributed by atoms with Gasteiger partial charge >= 0.3 is 13.8 Å². The molecule has 3 atom stereocenters. The molecule has 0 fully saturated rings. The first-order chi connectivity index (χ1) is 32.9. The maximum Gasteiger partial charge on any atom is 0.472 e. The van der Waals surface area contributed by atoms with Gasteiger partial charge in [0.1, 0.15) is 19.3 Å². The number of carbonyl (C=O) groups is 2. The summed E-state index contributed by atoms with van der Waals surface area (Å²) in [6, 6.07) is -0.872. The molecule has 0 bridgehead atoms. The van der Waals surface area contributed by atoms with E-state index in [-0.39, 0.29) is 37.9 Å². The number of nitrogens with zero attached hydrogens (tertiary/aromatic N) is 1. The number of hydrogen-bond donors (Lipinski definition) is 2. The maximum absolute atomic E-state index is 13.5. The number of phosphoric ester groups is 1. The summed E-state index contributed by atoms with van der Waals surface area (Å²) in [6.07, 6.45) is 61.5. The average molecular weight is 972 g/mol. The monoisotopic (exact) mass is 972 g/mol. The quantitative estimate of drug-likeness (QED) is 0.0156. The van der Waals surface area contributed by atoms with E-state index in [4.69, 9.17) is 13.8 Å². The summed E-state index contributed by atoms with van der Waals surface area (Å²) in [4.78, 5) is 37.5. The summed E-state index contributed by atoms with van der Waals surface area (Å²) in [5.74, 6) is -0.559. The third-order valence-electron chi connectivity index (χ3n) is 11.8. The Morgan fingerprint density at radius 1 is 0.529 bits per heavy atom. The molecule has 0 saturated carbocycles. The molecule has 0 rings (SSSR count). The second-order valence-corrected chi connectivity index (χ2v) is 21.0. The maximum atomic E-state index is 13.5. The molecule has 0 heterocycles.